The number of nitrogens with zero attached hydrogens (tertiary/aromatic N) is 5. The van der Waals surface area contributed by atoms with Crippen molar-refractivity contribution in [1.82, 2.24) is 24.5 Å². The highest BCUT2D eigenvalue weighted by atomic mass is 16.5. The highest BCUT2D eigenvalue weighted by Gasteiger charge is 2.13. The zero-order valence-electron chi connectivity index (χ0n) is 13.2. The molecule has 2 aromatic heterocycles. The summed E-state index contributed by atoms with van der Waals surface area (Å²) in [5.41, 5.74) is 1.95. The van der Waals surface area contributed by atoms with Crippen LogP contribution in [-0.2, 0) is 0 Å². The van der Waals surface area contributed by atoms with Crippen molar-refractivity contribution in [3.8, 4) is 12.0 Å². The highest BCUT2D eigenvalue weighted by Crippen LogP contribution is 2.15. The Balaban J connectivity index is 2.41. The van der Waals surface area contributed by atoms with Gasteiger partial charge in [-0.15, -0.1) is 0 Å². The van der Waals surface area contributed by atoms with Crippen LogP contribution in [0.3, 0.4) is 0 Å². The molecule has 114 valence electrons. The molecule has 0 amide bonds. The molecule has 7 heteroatoms. The molecule has 0 aliphatic heterocycles. The van der Waals surface area contributed by atoms with Gasteiger partial charge in [0.2, 0.25) is 11.9 Å². The average molecular weight is 290 g/mol. The lowest BCUT2D eigenvalue weighted by molar-refractivity contribution is 0.221. The topological polar surface area (TPSA) is 77.8 Å². The van der Waals surface area contributed by atoms with Crippen molar-refractivity contribution in [2.75, 3.05) is 11.9 Å². The summed E-state index contributed by atoms with van der Waals surface area (Å²) in [5, 5.41) is 3.17. The van der Waals surface area contributed by atoms with Gasteiger partial charge >= 0.3 is 6.01 Å². The molecule has 21 heavy (non-hydrogen) atoms. The lowest BCUT2D eigenvalue weighted by Gasteiger charge is -2.12. The fourth-order valence-corrected chi connectivity index (χ4v) is 1.73. The molecule has 0 aliphatic carbocycles. The lowest BCUT2D eigenvalue weighted by atomic mass is 10.4. The van der Waals surface area contributed by atoms with Gasteiger partial charge in [0.1, 0.15) is 6.33 Å². The molecule has 0 spiro atoms. The summed E-state index contributed by atoms with van der Waals surface area (Å²) >= 11 is 0. The van der Waals surface area contributed by atoms with Crippen molar-refractivity contribution in [3.63, 3.8) is 0 Å². The van der Waals surface area contributed by atoms with Crippen LogP contribution in [0.15, 0.2) is 6.33 Å². The molecular weight excluding hydrogens is 268 g/mol. The lowest BCUT2D eigenvalue weighted by Crippen LogP contribution is -2.14. The van der Waals surface area contributed by atoms with E-state index >= 15 is 0 Å². The number of hydrogen-bond acceptors (Lipinski definition) is 6. The molecule has 2 rings (SSSR count). The molecule has 7 nitrogen and oxygen atoms in total. The molecule has 2 aromatic rings. The van der Waals surface area contributed by atoms with Crippen LogP contribution in [0.4, 0.5) is 5.95 Å². The Morgan fingerprint density at radius 2 is 2.00 bits per heavy atom. The van der Waals surface area contributed by atoms with Crippen LogP contribution in [0.1, 0.15) is 38.6 Å². The van der Waals surface area contributed by atoms with Gasteiger partial charge in [-0.2, -0.15) is 15.0 Å². The van der Waals surface area contributed by atoms with Gasteiger partial charge in [0.05, 0.1) is 11.8 Å². The highest BCUT2D eigenvalue weighted by molar-refractivity contribution is 5.32. The summed E-state index contributed by atoms with van der Waals surface area (Å²) in [6.07, 6.45) is 2.71. The van der Waals surface area contributed by atoms with E-state index in [0.717, 1.165) is 24.4 Å². The summed E-state index contributed by atoms with van der Waals surface area (Å²) < 4.78 is 7.44. The van der Waals surface area contributed by atoms with Gasteiger partial charge in [-0.3, -0.25) is 4.57 Å². The quantitative estimate of drug-likeness (QED) is 0.879. The maximum atomic E-state index is 5.61. The Bertz CT molecular complexity index is 608. The number of aryl methyl sites for hydroxylation is 1. The van der Waals surface area contributed by atoms with E-state index in [2.05, 4.69) is 32.2 Å². The van der Waals surface area contributed by atoms with Crippen LogP contribution < -0.4 is 10.1 Å². The number of rotatable bonds is 6. The summed E-state index contributed by atoms with van der Waals surface area (Å²) in [6, 6.07) is 0.319. The molecule has 1 N–H and O–H groups in total. The molecule has 0 fully saturated rings. The number of anilines is 1. The van der Waals surface area contributed by atoms with Crippen LogP contribution in [0.5, 0.6) is 6.01 Å². The first-order valence-corrected chi connectivity index (χ1v) is 7.18. The second-order valence-electron chi connectivity index (χ2n) is 5.12. The standard InChI is InChI=1S/C14H22N6O/c1-6-7-15-12-17-13(19-14(18-12)21-9(2)3)20-8-16-10(4)11(20)5/h8-9H,6-7H2,1-5H3,(H,15,17,18,19). The number of nitrogens with one attached hydrogen (secondary N) is 1. The first-order chi connectivity index (χ1) is 10.0. The molecule has 2 heterocycles. The van der Waals surface area contributed by atoms with Crippen LogP contribution in [0, 0.1) is 13.8 Å². The minimum absolute atomic E-state index is 0.00453. The number of hydrogen-bond donors (Lipinski definition) is 1. The van der Waals surface area contributed by atoms with Crippen molar-refractivity contribution in [2.45, 2.75) is 47.1 Å². The predicted molar refractivity (Wildman–Crippen MR) is 81.0 cm³/mol. The van der Waals surface area contributed by atoms with Crippen LogP contribution in [0.25, 0.3) is 5.95 Å². The van der Waals surface area contributed by atoms with Gasteiger partial charge < -0.3 is 10.1 Å². The van der Waals surface area contributed by atoms with E-state index in [1.807, 2.05) is 32.3 Å². The second-order valence-corrected chi connectivity index (χ2v) is 5.12. The van der Waals surface area contributed by atoms with Crippen molar-refractivity contribution >= 4 is 5.95 Å². The van der Waals surface area contributed by atoms with Crippen LogP contribution >= 0.6 is 0 Å². The fourth-order valence-electron chi connectivity index (χ4n) is 1.73. The van der Waals surface area contributed by atoms with Crippen molar-refractivity contribution < 1.29 is 4.74 Å². The summed E-state index contributed by atoms with van der Waals surface area (Å²) in [7, 11) is 0. The Labute approximate surface area is 124 Å². The third-order valence-corrected chi connectivity index (χ3v) is 2.94. The van der Waals surface area contributed by atoms with Gasteiger partial charge in [0.25, 0.3) is 0 Å². The zero-order valence-corrected chi connectivity index (χ0v) is 13.2. The number of aromatic nitrogens is 5. The normalized spacial score (nSPS) is 11.0. The molecule has 0 atom stereocenters. The minimum atomic E-state index is 0.00453. The predicted octanol–water partition coefficient (Wildman–Crippen LogP) is 2.28. The van der Waals surface area contributed by atoms with Crippen molar-refractivity contribution in [2.24, 2.45) is 0 Å². The molecule has 0 bridgehead atoms. The largest absolute Gasteiger partial charge is 0.461 e. The van der Waals surface area contributed by atoms with E-state index in [0.29, 0.717) is 17.9 Å². The molecule has 0 saturated carbocycles. The van der Waals surface area contributed by atoms with Gasteiger partial charge in [0.15, 0.2) is 0 Å². The maximum Gasteiger partial charge on any atom is 0.323 e. The van der Waals surface area contributed by atoms with Gasteiger partial charge in [-0.25, -0.2) is 4.98 Å². The zero-order chi connectivity index (χ0) is 15.4. The van der Waals surface area contributed by atoms with Gasteiger partial charge in [-0.1, -0.05) is 6.92 Å². The van der Waals surface area contributed by atoms with Gasteiger partial charge in [-0.05, 0) is 34.1 Å². The smallest absolute Gasteiger partial charge is 0.323 e. The van der Waals surface area contributed by atoms with E-state index < -0.39 is 0 Å². The maximum absolute atomic E-state index is 5.61. The van der Waals surface area contributed by atoms with Crippen molar-refractivity contribution in [1.29, 1.82) is 0 Å². The Kier molecular flexibility index (Phi) is 4.72. The SMILES string of the molecule is CCCNc1nc(OC(C)C)nc(-n2cnc(C)c2C)n1. The Morgan fingerprint density at radius 1 is 1.24 bits per heavy atom. The van der Waals surface area contributed by atoms with E-state index in [1.54, 1.807) is 6.33 Å². The first kappa shape index (κ1) is 15.2. The third kappa shape index (κ3) is 3.68. The van der Waals surface area contributed by atoms with Crippen molar-refractivity contribution in [3.05, 3.63) is 17.7 Å². The summed E-state index contributed by atoms with van der Waals surface area (Å²) in [4.78, 5) is 17.4. The van der Waals surface area contributed by atoms with Crippen LogP contribution in [-0.4, -0.2) is 37.2 Å². The molecule has 0 unspecified atom stereocenters. The summed E-state index contributed by atoms with van der Waals surface area (Å²) in [6.45, 7) is 10.7. The molecule has 0 aromatic carbocycles. The number of imidazole rings is 1. The first-order valence-electron chi connectivity index (χ1n) is 7.18. The Hall–Kier alpha value is -2.18. The summed E-state index contributed by atoms with van der Waals surface area (Å²) in [5.74, 6) is 1.03. The monoisotopic (exact) mass is 290 g/mol. The second kappa shape index (κ2) is 6.51. The van der Waals surface area contributed by atoms with E-state index in [-0.39, 0.29) is 6.10 Å². The Morgan fingerprint density at radius 3 is 2.57 bits per heavy atom. The fraction of sp³-hybridized carbons (Fsp3) is 0.571. The van der Waals surface area contributed by atoms with E-state index in [4.69, 9.17) is 4.74 Å². The molecular formula is C14H22N6O. The van der Waals surface area contributed by atoms with E-state index in [1.165, 1.54) is 0 Å². The third-order valence-electron chi connectivity index (χ3n) is 2.94. The van der Waals surface area contributed by atoms with Crippen LogP contribution in [0.2, 0.25) is 0 Å². The molecule has 0 radical (unpaired) electrons. The molecule has 0 saturated heterocycles. The molecule has 0 aliphatic rings. The van der Waals surface area contributed by atoms with E-state index in [9.17, 15) is 0 Å². The van der Waals surface area contributed by atoms with Gasteiger partial charge in [0, 0.05) is 12.2 Å². The number of ether oxygens (including phenoxy) is 1. The minimum Gasteiger partial charge on any atom is -0.461 e. The average Bonchev–Trinajstić information content (AvgIpc) is 2.76.